The summed E-state index contributed by atoms with van der Waals surface area (Å²) in [5.74, 6) is 1.78. The molecule has 1 aliphatic heterocycles. The van der Waals surface area contributed by atoms with Crippen LogP contribution in [-0.2, 0) is 4.79 Å². The van der Waals surface area contributed by atoms with Gasteiger partial charge in [-0.25, -0.2) is 0 Å². The van der Waals surface area contributed by atoms with E-state index in [0.29, 0.717) is 23.0 Å². The van der Waals surface area contributed by atoms with Gasteiger partial charge in [-0.3, -0.25) is 9.59 Å². The number of nitrogens with zero attached hydrogens (tertiary/aromatic N) is 1. The lowest BCUT2D eigenvalue weighted by molar-refractivity contribution is -0.114. The number of amides is 2. The molecule has 0 saturated carbocycles. The number of benzene rings is 1. The van der Waals surface area contributed by atoms with Crippen molar-refractivity contribution in [3.05, 3.63) is 54.0 Å². The van der Waals surface area contributed by atoms with Crippen LogP contribution in [0.3, 0.4) is 0 Å². The van der Waals surface area contributed by atoms with E-state index in [0.717, 1.165) is 24.5 Å². The average molecular weight is 344 g/mol. The van der Waals surface area contributed by atoms with Gasteiger partial charge in [0.2, 0.25) is 5.91 Å². The zero-order chi connectivity index (χ0) is 16.9. The van der Waals surface area contributed by atoms with E-state index in [1.807, 2.05) is 28.8 Å². The molecule has 1 N–H and O–H groups in total. The Morgan fingerprint density at radius 1 is 1.21 bits per heavy atom. The maximum Gasteiger partial charge on any atom is 0.253 e. The fourth-order valence-electron chi connectivity index (χ4n) is 2.76. The van der Waals surface area contributed by atoms with E-state index in [1.54, 1.807) is 30.5 Å². The van der Waals surface area contributed by atoms with Crippen LogP contribution < -0.4 is 5.32 Å². The first-order chi connectivity index (χ1) is 11.6. The van der Waals surface area contributed by atoms with Crippen molar-refractivity contribution < 1.29 is 14.0 Å². The molecular formula is C18H20N2O3S. The molecule has 0 radical (unpaired) electrons. The van der Waals surface area contributed by atoms with E-state index in [2.05, 4.69) is 5.32 Å². The van der Waals surface area contributed by atoms with Crippen LogP contribution in [0, 0.1) is 0 Å². The van der Waals surface area contributed by atoms with E-state index < -0.39 is 0 Å². The highest BCUT2D eigenvalue weighted by atomic mass is 32.2. The Morgan fingerprint density at radius 3 is 2.67 bits per heavy atom. The van der Waals surface area contributed by atoms with Crippen LogP contribution >= 0.6 is 11.8 Å². The SMILES string of the molecule is CC(=O)Nc1ccc(C(=O)N2CCSC(c3ccco3)CC2)cc1. The summed E-state index contributed by atoms with van der Waals surface area (Å²) in [6.07, 6.45) is 2.58. The van der Waals surface area contributed by atoms with Crippen molar-refractivity contribution in [1.29, 1.82) is 0 Å². The fraction of sp³-hybridized carbons (Fsp3) is 0.333. The fourth-order valence-corrected chi connectivity index (χ4v) is 3.94. The Hall–Kier alpha value is -2.21. The van der Waals surface area contributed by atoms with Crippen LogP contribution in [0.5, 0.6) is 0 Å². The van der Waals surface area contributed by atoms with Crippen LogP contribution in [-0.4, -0.2) is 35.6 Å². The Labute approximate surface area is 145 Å². The van der Waals surface area contributed by atoms with Crippen LogP contribution in [0.15, 0.2) is 47.1 Å². The topological polar surface area (TPSA) is 62.6 Å². The molecule has 1 atom stereocenters. The van der Waals surface area contributed by atoms with Crippen molar-refractivity contribution in [2.75, 3.05) is 24.2 Å². The number of anilines is 1. The minimum absolute atomic E-state index is 0.0325. The van der Waals surface area contributed by atoms with Gasteiger partial charge < -0.3 is 14.6 Å². The van der Waals surface area contributed by atoms with Crippen molar-refractivity contribution in [2.45, 2.75) is 18.6 Å². The van der Waals surface area contributed by atoms with Gasteiger partial charge in [0, 0.05) is 37.0 Å². The molecule has 1 aliphatic rings. The third-order valence-corrected chi connectivity index (χ3v) is 5.23. The van der Waals surface area contributed by atoms with Crippen LogP contribution in [0.25, 0.3) is 0 Å². The number of furan rings is 1. The second-order valence-electron chi connectivity index (χ2n) is 5.71. The zero-order valence-electron chi connectivity index (χ0n) is 13.5. The van der Waals surface area contributed by atoms with Crippen molar-refractivity contribution in [1.82, 2.24) is 4.90 Å². The molecule has 2 amide bonds. The molecule has 1 aromatic carbocycles. The Kier molecular flexibility index (Phi) is 5.25. The first-order valence-electron chi connectivity index (χ1n) is 7.95. The van der Waals surface area contributed by atoms with Crippen molar-refractivity contribution >= 4 is 29.3 Å². The molecule has 2 heterocycles. The monoisotopic (exact) mass is 344 g/mol. The third kappa shape index (κ3) is 4.00. The number of carbonyl (C=O) groups is 2. The van der Waals surface area contributed by atoms with Crippen LogP contribution in [0.1, 0.15) is 34.7 Å². The van der Waals surface area contributed by atoms with Gasteiger partial charge in [0.1, 0.15) is 5.76 Å². The first kappa shape index (κ1) is 16.6. The molecule has 126 valence electrons. The molecule has 1 aromatic heterocycles. The molecular weight excluding hydrogens is 324 g/mol. The van der Waals surface area contributed by atoms with Crippen molar-refractivity contribution in [3.63, 3.8) is 0 Å². The Bertz CT molecular complexity index is 698. The van der Waals surface area contributed by atoms with E-state index in [4.69, 9.17) is 4.42 Å². The molecule has 1 saturated heterocycles. The van der Waals surface area contributed by atoms with E-state index in [1.165, 1.54) is 6.92 Å². The van der Waals surface area contributed by atoms with E-state index in [-0.39, 0.29) is 11.8 Å². The summed E-state index contributed by atoms with van der Waals surface area (Å²) in [4.78, 5) is 25.6. The summed E-state index contributed by atoms with van der Waals surface area (Å²) in [6, 6.07) is 10.9. The van der Waals surface area contributed by atoms with Gasteiger partial charge in [0.15, 0.2) is 0 Å². The number of nitrogens with one attached hydrogen (secondary N) is 1. The normalized spacial score (nSPS) is 18.0. The molecule has 2 aromatic rings. The van der Waals surface area contributed by atoms with Gasteiger partial charge in [-0.1, -0.05) is 0 Å². The second kappa shape index (κ2) is 7.57. The summed E-state index contributed by atoms with van der Waals surface area (Å²) >= 11 is 1.83. The van der Waals surface area contributed by atoms with Crippen LogP contribution in [0.4, 0.5) is 5.69 Å². The van der Waals surface area contributed by atoms with E-state index in [9.17, 15) is 9.59 Å². The highest BCUT2D eigenvalue weighted by Gasteiger charge is 2.24. The Balaban J connectivity index is 1.63. The van der Waals surface area contributed by atoms with E-state index >= 15 is 0 Å². The predicted molar refractivity (Wildman–Crippen MR) is 95.2 cm³/mol. The Morgan fingerprint density at radius 2 is 2.00 bits per heavy atom. The smallest absolute Gasteiger partial charge is 0.253 e. The number of rotatable bonds is 3. The van der Waals surface area contributed by atoms with Gasteiger partial charge in [0.05, 0.1) is 11.5 Å². The summed E-state index contributed by atoms with van der Waals surface area (Å²) in [7, 11) is 0. The minimum Gasteiger partial charge on any atom is -0.468 e. The summed E-state index contributed by atoms with van der Waals surface area (Å²) in [6.45, 7) is 2.90. The quantitative estimate of drug-likeness (QED) is 0.925. The van der Waals surface area contributed by atoms with Crippen LogP contribution in [0.2, 0.25) is 0 Å². The maximum absolute atomic E-state index is 12.7. The minimum atomic E-state index is -0.123. The molecule has 0 bridgehead atoms. The maximum atomic E-state index is 12.7. The standard InChI is InChI=1S/C18H20N2O3S/c1-13(21)19-15-6-4-14(5-7-15)18(22)20-9-8-17(24-12-10-20)16-3-2-11-23-16/h2-7,11,17H,8-10,12H2,1H3,(H,19,21). The molecule has 3 rings (SSSR count). The number of hydrogen-bond acceptors (Lipinski definition) is 4. The molecule has 1 fully saturated rings. The summed E-state index contributed by atoms with van der Waals surface area (Å²) < 4.78 is 5.49. The summed E-state index contributed by atoms with van der Waals surface area (Å²) in [5, 5.41) is 3.01. The van der Waals surface area contributed by atoms with Gasteiger partial charge in [-0.15, -0.1) is 11.8 Å². The van der Waals surface area contributed by atoms with Crippen molar-refractivity contribution in [3.8, 4) is 0 Å². The lowest BCUT2D eigenvalue weighted by Gasteiger charge is -2.20. The molecule has 24 heavy (non-hydrogen) atoms. The number of thioether (sulfide) groups is 1. The molecule has 1 unspecified atom stereocenters. The average Bonchev–Trinajstić information content (AvgIpc) is 2.99. The van der Waals surface area contributed by atoms with Gasteiger partial charge in [-0.2, -0.15) is 0 Å². The molecule has 0 spiro atoms. The second-order valence-corrected chi connectivity index (χ2v) is 7.02. The van der Waals surface area contributed by atoms with Gasteiger partial charge in [-0.05, 0) is 42.8 Å². The summed E-state index contributed by atoms with van der Waals surface area (Å²) in [5.41, 5.74) is 1.34. The van der Waals surface area contributed by atoms with Crippen molar-refractivity contribution in [2.24, 2.45) is 0 Å². The zero-order valence-corrected chi connectivity index (χ0v) is 14.3. The highest BCUT2D eigenvalue weighted by molar-refractivity contribution is 7.99. The lowest BCUT2D eigenvalue weighted by atomic mass is 10.1. The van der Waals surface area contributed by atoms with Gasteiger partial charge >= 0.3 is 0 Å². The van der Waals surface area contributed by atoms with Gasteiger partial charge in [0.25, 0.3) is 5.91 Å². The third-order valence-electron chi connectivity index (χ3n) is 3.94. The number of hydrogen-bond donors (Lipinski definition) is 1. The predicted octanol–water partition coefficient (Wildman–Crippen LogP) is 3.56. The largest absolute Gasteiger partial charge is 0.468 e. The number of carbonyl (C=O) groups excluding carboxylic acids is 2. The highest BCUT2D eigenvalue weighted by Crippen LogP contribution is 2.34. The molecule has 6 heteroatoms. The first-order valence-corrected chi connectivity index (χ1v) is 9.00. The lowest BCUT2D eigenvalue weighted by Crippen LogP contribution is -2.32. The molecule has 5 nitrogen and oxygen atoms in total. The molecule has 0 aliphatic carbocycles.